The van der Waals surface area contributed by atoms with E-state index < -0.39 is 11.9 Å². The van der Waals surface area contributed by atoms with Gasteiger partial charge in [-0.15, -0.1) is 0 Å². The molecule has 2 N–H and O–H groups in total. The first-order valence-electron chi connectivity index (χ1n) is 9.89. The second kappa shape index (κ2) is 18.5. The van der Waals surface area contributed by atoms with Crippen LogP contribution in [0.4, 0.5) is 0 Å². The van der Waals surface area contributed by atoms with Crippen LogP contribution < -0.4 is 9.47 Å². The lowest BCUT2D eigenvalue weighted by molar-refractivity contribution is -0.139. The molecule has 0 spiro atoms. The van der Waals surface area contributed by atoms with Gasteiger partial charge >= 0.3 is 11.9 Å². The number of hydrogen-bond donors (Lipinski definition) is 2. The molecule has 0 amide bonds. The van der Waals surface area contributed by atoms with E-state index in [1.807, 2.05) is 12.1 Å². The van der Waals surface area contributed by atoms with Crippen LogP contribution in [0.25, 0.3) is 0 Å². The first-order chi connectivity index (χ1) is 15.4. The van der Waals surface area contributed by atoms with Crippen LogP contribution in [-0.4, -0.2) is 88.2 Å². The van der Waals surface area contributed by atoms with Gasteiger partial charge in [-0.2, -0.15) is 0 Å². The third-order valence-corrected chi connectivity index (χ3v) is 5.31. The van der Waals surface area contributed by atoms with E-state index >= 15 is 0 Å². The van der Waals surface area contributed by atoms with E-state index in [1.165, 1.54) is 0 Å². The minimum Gasteiger partial charge on any atom is -0.490 e. The maximum Gasteiger partial charge on any atom is 0.305 e. The second-order valence-electron chi connectivity index (χ2n) is 6.15. The Morgan fingerprint density at radius 2 is 0.906 bits per heavy atom. The first kappa shape index (κ1) is 29.1. The summed E-state index contributed by atoms with van der Waals surface area (Å²) >= 11 is 4.35. The lowest BCUT2D eigenvalue weighted by atomic mass is 10.3. The Morgan fingerprint density at radius 1 is 0.594 bits per heavy atom. The van der Waals surface area contributed by atoms with E-state index in [4.69, 9.17) is 38.6 Å². The third kappa shape index (κ3) is 15.0. The highest BCUT2D eigenvalue weighted by Crippen LogP contribution is 2.31. The number of carboxylic acid groups (broad SMARTS) is 2. The van der Waals surface area contributed by atoms with Gasteiger partial charge < -0.3 is 38.6 Å². The summed E-state index contributed by atoms with van der Waals surface area (Å²) in [5.74, 6) is -0.299. The highest BCUT2D eigenvalue weighted by molar-refractivity contribution is 14.1. The fourth-order valence-corrected chi connectivity index (χ4v) is 3.30. The van der Waals surface area contributed by atoms with Gasteiger partial charge in [0.25, 0.3) is 0 Å². The summed E-state index contributed by atoms with van der Waals surface area (Å²) in [7, 11) is 0. The molecular weight excluding hydrogens is 654 g/mol. The summed E-state index contributed by atoms with van der Waals surface area (Å²) in [6.07, 6.45) is -0.0316. The molecule has 1 aromatic carbocycles. The molecule has 0 atom stereocenters. The van der Waals surface area contributed by atoms with Gasteiger partial charge in [-0.1, -0.05) is 0 Å². The molecule has 0 saturated heterocycles. The van der Waals surface area contributed by atoms with E-state index in [0.29, 0.717) is 52.9 Å². The molecule has 0 saturated carbocycles. The number of carbonyl (C=O) groups is 2. The number of carboxylic acids is 2. The molecule has 0 bridgehead atoms. The van der Waals surface area contributed by atoms with Gasteiger partial charge in [0.1, 0.15) is 24.7 Å². The zero-order chi connectivity index (χ0) is 23.6. The molecule has 0 aromatic heterocycles. The molecule has 0 aliphatic carbocycles. The number of halogens is 2. The lowest BCUT2D eigenvalue weighted by Crippen LogP contribution is -2.13. The Hall–Kier alpha value is -0.940. The smallest absolute Gasteiger partial charge is 0.305 e. The summed E-state index contributed by atoms with van der Waals surface area (Å²) in [4.78, 5) is 20.7. The summed E-state index contributed by atoms with van der Waals surface area (Å²) in [5.41, 5.74) is 0. The Labute approximate surface area is 214 Å². The van der Waals surface area contributed by atoms with Gasteiger partial charge in [0.2, 0.25) is 0 Å². The van der Waals surface area contributed by atoms with Gasteiger partial charge in [0.15, 0.2) is 0 Å². The summed E-state index contributed by atoms with van der Waals surface area (Å²) in [6, 6.07) is 3.79. The van der Waals surface area contributed by atoms with Crippen LogP contribution in [0.1, 0.15) is 12.8 Å². The van der Waals surface area contributed by atoms with Gasteiger partial charge in [-0.05, 0) is 57.3 Å². The number of hydrogen-bond acceptors (Lipinski definition) is 8. The van der Waals surface area contributed by atoms with Crippen molar-refractivity contribution in [2.45, 2.75) is 12.8 Å². The molecule has 12 heteroatoms. The zero-order valence-corrected chi connectivity index (χ0v) is 21.9. The van der Waals surface area contributed by atoms with Crippen molar-refractivity contribution in [3.05, 3.63) is 19.3 Å². The maximum atomic E-state index is 10.4. The number of aliphatic carboxylic acids is 2. The molecule has 0 aliphatic rings. The number of benzene rings is 1. The van der Waals surface area contributed by atoms with Crippen molar-refractivity contribution in [1.82, 2.24) is 0 Å². The minimum atomic E-state index is -0.884. The Balaban J connectivity index is 2.15. The van der Waals surface area contributed by atoms with Crippen LogP contribution in [0.3, 0.4) is 0 Å². The molecule has 32 heavy (non-hydrogen) atoms. The quantitative estimate of drug-likeness (QED) is 0.157. The monoisotopic (exact) mass is 682 g/mol. The van der Waals surface area contributed by atoms with Crippen molar-refractivity contribution in [3.63, 3.8) is 0 Å². The summed E-state index contributed by atoms with van der Waals surface area (Å²) in [6.45, 7) is 3.34. The normalized spacial score (nSPS) is 10.8. The van der Waals surface area contributed by atoms with Crippen molar-refractivity contribution in [2.75, 3.05) is 66.1 Å². The van der Waals surface area contributed by atoms with Crippen LogP contribution in [0.15, 0.2) is 12.1 Å². The van der Waals surface area contributed by atoms with E-state index in [0.717, 1.165) is 18.6 Å². The Kier molecular flexibility index (Phi) is 16.8. The highest BCUT2D eigenvalue weighted by Gasteiger charge is 2.09. The van der Waals surface area contributed by atoms with Crippen molar-refractivity contribution in [1.29, 1.82) is 0 Å². The minimum absolute atomic E-state index is 0.0158. The van der Waals surface area contributed by atoms with E-state index in [9.17, 15) is 9.59 Å². The van der Waals surface area contributed by atoms with Crippen LogP contribution in [0, 0.1) is 7.14 Å². The van der Waals surface area contributed by atoms with Crippen molar-refractivity contribution < 1.29 is 48.2 Å². The van der Waals surface area contributed by atoms with E-state index in [1.54, 1.807) is 0 Å². The molecule has 0 heterocycles. The molecule has 1 aromatic rings. The Bertz CT molecular complexity index is 629. The van der Waals surface area contributed by atoms with Crippen molar-refractivity contribution in [3.8, 4) is 11.5 Å². The summed E-state index contributed by atoms with van der Waals surface area (Å²) < 4.78 is 34.4. The van der Waals surface area contributed by atoms with Crippen LogP contribution in [0.5, 0.6) is 11.5 Å². The van der Waals surface area contributed by atoms with Gasteiger partial charge in [0.05, 0.1) is 72.8 Å². The molecule has 0 unspecified atom stereocenters. The molecule has 0 fully saturated rings. The molecule has 0 radical (unpaired) electrons. The Morgan fingerprint density at radius 3 is 1.25 bits per heavy atom. The number of ether oxygens (including phenoxy) is 6. The zero-order valence-electron chi connectivity index (χ0n) is 17.6. The van der Waals surface area contributed by atoms with Gasteiger partial charge in [-0.3, -0.25) is 9.59 Å². The average Bonchev–Trinajstić information content (AvgIpc) is 2.73. The standard InChI is InChI=1S/C20H28I2O10/c21-15-14-18(32-12-10-30-8-6-28-4-2-20(25)26)16(22)13-17(15)31-11-9-29-7-5-27-3-1-19(23)24/h13-14H,1-12H2,(H,23,24)(H,25,26). The predicted octanol–water partition coefficient (Wildman–Crippen LogP) is 2.67. The SMILES string of the molecule is O=C(O)CCOCCOCCOc1cc(I)c(OCCOCCOCCC(=O)O)cc1I. The lowest BCUT2D eigenvalue weighted by Gasteiger charge is -2.13. The van der Waals surface area contributed by atoms with Crippen LogP contribution >= 0.6 is 45.2 Å². The number of rotatable bonds is 20. The molecule has 182 valence electrons. The molecular formula is C20H28I2O10. The largest absolute Gasteiger partial charge is 0.490 e. The van der Waals surface area contributed by atoms with Crippen LogP contribution in [0.2, 0.25) is 0 Å². The maximum absolute atomic E-state index is 10.4. The van der Waals surface area contributed by atoms with E-state index in [2.05, 4.69) is 45.2 Å². The van der Waals surface area contributed by atoms with Gasteiger partial charge in [-0.25, -0.2) is 0 Å². The average molecular weight is 682 g/mol. The fourth-order valence-electron chi connectivity index (χ4n) is 2.12. The molecule has 10 nitrogen and oxygen atoms in total. The topological polar surface area (TPSA) is 130 Å². The van der Waals surface area contributed by atoms with Gasteiger partial charge in [0, 0.05) is 0 Å². The predicted molar refractivity (Wildman–Crippen MR) is 131 cm³/mol. The molecule has 1 rings (SSSR count). The highest BCUT2D eigenvalue weighted by atomic mass is 127. The second-order valence-corrected chi connectivity index (χ2v) is 8.47. The first-order valence-corrected chi connectivity index (χ1v) is 12.0. The van der Waals surface area contributed by atoms with Crippen molar-refractivity contribution >= 4 is 57.1 Å². The molecule has 0 aliphatic heterocycles. The fraction of sp³-hybridized carbons (Fsp3) is 0.600. The third-order valence-electron chi connectivity index (χ3n) is 3.62. The summed E-state index contributed by atoms with van der Waals surface area (Å²) in [5, 5.41) is 17.0. The van der Waals surface area contributed by atoms with E-state index in [-0.39, 0.29) is 26.1 Å². The van der Waals surface area contributed by atoms with Crippen LogP contribution in [-0.2, 0) is 28.5 Å². The van der Waals surface area contributed by atoms with Crippen molar-refractivity contribution in [2.24, 2.45) is 0 Å².